The maximum absolute atomic E-state index is 11.4. The Balaban J connectivity index is 2.00. The fraction of sp³-hybridized carbons (Fsp3) is 0. The van der Waals surface area contributed by atoms with Gasteiger partial charge in [0.25, 0.3) is 0 Å². The smallest absolute Gasteiger partial charge is 0.236 e. The molecule has 0 radical (unpaired) electrons. The molecule has 2 heterocycles. The second kappa shape index (κ2) is 4.29. The van der Waals surface area contributed by atoms with Crippen LogP contribution >= 0.6 is 0 Å². The largest absolute Gasteiger partial charge is 0.618 e. The summed E-state index contributed by atoms with van der Waals surface area (Å²) >= 11 is 0. The second-order valence-electron chi connectivity index (χ2n) is 3.77. The fourth-order valence-corrected chi connectivity index (χ4v) is 1.70. The van der Waals surface area contributed by atoms with Gasteiger partial charge >= 0.3 is 0 Å². The molecule has 0 atom stereocenters. The van der Waals surface area contributed by atoms with E-state index in [9.17, 15) is 5.21 Å². The number of pyridine rings is 1. The van der Waals surface area contributed by atoms with Crippen LogP contribution in [-0.2, 0) is 0 Å². The zero-order valence-corrected chi connectivity index (χ0v) is 9.47. The van der Waals surface area contributed by atoms with Crippen LogP contribution in [0.3, 0.4) is 0 Å². The summed E-state index contributed by atoms with van der Waals surface area (Å²) in [7, 11) is 0. The number of rotatable bonds is 2. The van der Waals surface area contributed by atoms with Crippen molar-refractivity contribution in [3.05, 3.63) is 65.9 Å². The summed E-state index contributed by atoms with van der Waals surface area (Å²) in [6.07, 6.45) is 4.58. The molecule has 0 aliphatic heterocycles. The Morgan fingerprint density at radius 2 is 2.00 bits per heavy atom. The molecule has 3 aromatic rings. The van der Waals surface area contributed by atoms with Crippen molar-refractivity contribution in [3.8, 4) is 0 Å². The van der Waals surface area contributed by atoms with Gasteiger partial charge in [0.15, 0.2) is 6.20 Å². The third-order valence-electron chi connectivity index (χ3n) is 2.60. The molecule has 5 heteroatoms. The maximum atomic E-state index is 11.4. The summed E-state index contributed by atoms with van der Waals surface area (Å²) in [6.45, 7) is 0. The second-order valence-corrected chi connectivity index (χ2v) is 3.77. The van der Waals surface area contributed by atoms with E-state index in [0.29, 0.717) is 5.69 Å². The highest BCUT2D eigenvalue weighted by molar-refractivity contribution is 5.78. The molecule has 0 unspecified atom stereocenters. The number of hydrogen-bond acceptors (Lipinski definition) is 3. The van der Waals surface area contributed by atoms with Gasteiger partial charge in [-0.3, -0.25) is 0 Å². The van der Waals surface area contributed by atoms with Gasteiger partial charge in [0.1, 0.15) is 12.5 Å². The first-order valence-corrected chi connectivity index (χ1v) is 5.49. The molecule has 3 rings (SSSR count). The monoisotopic (exact) mass is 238 g/mol. The summed E-state index contributed by atoms with van der Waals surface area (Å²) < 4.78 is 2.41. The summed E-state index contributed by atoms with van der Waals surface area (Å²) in [6, 6.07) is 12.9. The van der Waals surface area contributed by atoms with Gasteiger partial charge in [-0.15, -0.1) is 0 Å². The molecule has 0 saturated heterocycles. The fourth-order valence-electron chi connectivity index (χ4n) is 1.70. The van der Waals surface area contributed by atoms with E-state index in [4.69, 9.17) is 0 Å². The Morgan fingerprint density at radius 1 is 1.17 bits per heavy atom. The van der Waals surface area contributed by atoms with Crippen molar-refractivity contribution < 1.29 is 4.73 Å². The third kappa shape index (κ3) is 1.82. The molecule has 5 nitrogen and oxygen atoms in total. The van der Waals surface area contributed by atoms with Crippen LogP contribution in [0.15, 0.2) is 60.1 Å². The molecule has 0 amide bonds. The van der Waals surface area contributed by atoms with Crippen molar-refractivity contribution in [2.24, 2.45) is 5.10 Å². The molecule has 0 spiro atoms. The van der Waals surface area contributed by atoms with Gasteiger partial charge in [0, 0.05) is 12.1 Å². The van der Waals surface area contributed by atoms with Crippen LogP contribution in [0.2, 0.25) is 0 Å². The van der Waals surface area contributed by atoms with Crippen LogP contribution in [0.25, 0.3) is 11.0 Å². The van der Waals surface area contributed by atoms with E-state index in [2.05, 4.69) is 10.1 Å². The lowest BCUT2D eigenvalue weighted by molar-refractivity contribution is -0.606. The lowest BCUT2D eigenvalue weighted by atomic mass is 10.3. The molecule has 0 aliphatic carbocycles. The highest BCUT2D eigenvalue weighted by atomic mass is 16.5. The van der Waals surface area contributed by atoms with Crippen molar-refractivity contribution in [1.82, 2.24) is 9.66 Å². The van der Waals surface area contributed by atoms with Crippen molar-refractivity contribution in [1.29, 1.82) is 0 Å². The van der Waals surface area contributed by atoms with Crippen molar-refractivity contribution in [2.75, 3.05) is 0 Å². The average molecular weight is 238 g/mol. The predicted octanol–water partition coefficient (Wildman–Crippen LogP) is 1.55. The van der Waals surface area contributed by atoms with Gasteiger partial charge in [-0.25, -0.2) is 9.66 Å². The number of imidazole rings is 1. The Hall–Kier alpha value is -2.69. The molecule has 0 bridgehead atoms. The molecular weight excluding hydrogens is 228 g/mol. The molecule has 88 valence electrons. The Morgan fingerprint density at radius 3 is 2.89 bits per heavy atom. The first kappa shape index (κ1) is 10.5. The van der Waals surface area contributed by atoms with Gasteiger partial charge < -0.3 is 5.21 Å². The number of benzene rings is 1. The first-order chi connectivity index (χ1) is 8.84. The van der Waals surface area contributed by atoms with Crippen molar-refractivity contribution in [3.63, 3.8) is 0 Å². The summed E-state index contributed by atoms with van der Waals surface area (Å²) in [4.78, 5) is 4.22. The molecule has 1 aromatic carbocycles. The Kier molecular flexibility index (Phi) is 2.49. The number of para-hydroxylation sites is 2. The molecular formula is C13H10N4O. The maximum Gasteiger partial charge on any atom is 0.236 e. The normalized spacial score (nSPS) is 11.3. The van der Waals surface area contributed by atoms with Crippen molar-refractivity contribution in [2.45, 2.75) is 0 Å². The molecule has 2 aromatic heterocycles. The molecule has 0 aliphatic rings. The van der Waals surface area contributed by atoms with E-state index in [-0.39, 0.29) is 0 Å². The van der Waals surface area contributed by atoms with Gasteiger partial charge in [-0.05, 0) is 18.2 Å². The van der Waals surface area contributed by atoms with Gasteiger partial charge in [0.2, 0.25) is 5.69 Å². The van der Waals surface area contributed by atoms with E-state index in [1.54, 1.807) is 29.2 Å². The first-order valence-electron chi connectivity index (χ1n) is 5.49. The lowest BCUT2D eigenvalue weighted by Crippen LogP contribution is -2.30. The van der Waals surface area contributed by atoms with E-state index in [1.807, 2.05) is 24.3 Å². The average Bonchev–Trinajstić information content (AvgIpc) is 2.81. The predicted molar refractivity (Wildman–Crippen MR) is 68.1 cm³/mol. The van der Waals surface area contributed by atoms with Crippen LogP contribution in [0.1, 0.15) is 5.69 Å². The Bertz CT molecular complexity index is 718. The highest BCUT2D eigenvalue weighted by Crippen LogP contribution is 2.10. The van der Waals surface area contributed by atoms with E-state index < -0.39 is 0 Å². The number of hydrogen-bond donors (Lipinski definition) is 0. The van der Waals surface area contributed by atoms with E-state index >= 15 is 0 Å². The van der Waals surface area contributed by atoms with E-state index in [0.717, 1.165) is 15.8 Å². The zero-order valence-electron chi connectivity index (χ0n) is 9.47. The van der Waals surface area contributed by atoms with E-state index in [1.165, 1.54) is 12.4 Å². The minimum Gasteiger partial charge on any atom is -0.618 e. The summed E-state index contributed by atoms with van der Waals surface area (Å²) in [5.41, 5.74) is 2.26. The van der Waals surface area contributed by atoms with Crippen LogP contribution in [0.4, 0.5) is 0 Å². The SMILES string of the molecule is [O-][n+]1ccccc1/C=N/n1cnc2ccccc21. The minimum atomic E-state index is 0.482. The quantitative estimate of drug-likeness (QED) is 0.386. The van der Waals surface area contributed by atoms with Crippen LogP contribution < -0.4 is 4.73 Å². The lowest BCUT2D eigenvalue weighted by Gasteiger charge is -1.98. The molecule has 0 fully saturated rings. The van der Waals surface area contributed by atoms with Crippen molar-refractivity contribution >= 4 is 17.2 Å². The number of aromatic nitrogens is 3. The third-order valence-corrected chi connectivity index (χ3v) is 2.60. The standard InChI is InChI=1S/C13H10N4O/c18-17-8-4-3-5-11(17)9-15-16-10-14-12-6-1-2-7-13(12)16/h1-10H/b15-9+. The van der Waals surface area contributed by atoms with Gasteiger partial charge in [0.05, 0.1) is 11.0 Å². The zero-order chi connectivity index (χ0) is 12.4. The minimum absolute atomic E-state index is 0.482. The molecule has 18 heavy (non-hydrogen) atoms. The highest BCUT2D eigenvalue weighted by Gasteiger charge is 2.01. The summed E-state index contributed by atoms with van der Waals surface area (Å²) in [5.74, 6) is 0. The van der Waals surface area contributed by atoms with Crippen LogP contribution in [0, 0.1) is 5.21 Å². The van der Waals surface area contributed by atoms with Crippen LogP contribution in [-0.4, -0.2) is 15.9 Å². The van der Waals surface area contributed by atoms with Crippen LogP contribution in [0.5, 0.6) is 0 Å². The number of fused-ring (bicyclic) bond motifs is 1. The number of nitrogens with zero attached hydrogens (tertiary/aromatic N) is 4. The van der Waals surface area contributed by atoms with Gasteiger partial charge in [-0.1, -0.05) is 12.1 Å². The topological polar surface area (TPSA) is 57.1 Å². The van der Waals surface area contributed by atoms with Gasteiger partial charge in [-0.2, -0.15) is 9.83 Å². The molecule has 0 saturated carbocycles. The Labute approximate surface area is 103 Å². The summed E-state index contributed by atoms with van der Waals surface area (Å²) in [5, 5.41) is 15.7. The molecule has 0 N–H and O–H groups in total.